The van der Waals surface area contributed by atoms with E-state index in [1.165, 1.54) is 0 Å². The summed E-state index contributed by atoms with van der Waals surface area (Å²) in [5, 5.41) is 4.40. The van der Waals surface area contributed by atoms with E-state index in [1.54, 1.807) is 0 Å². The van der Waals surface area contributed by atoms with Crippen LogP contribution >= 0.6 is 0 Å². The Morgan fingerprint density at radius 2 is 0.794 bits per heavy atom. The Morgan fingerprint density at radius 3 is 1.00 bits per heavy atom. The van der Waals surface area contributed by atoms with Gasteiger partial charge in [-0.05, 0) is 37.6 Å². The second-order valence-electron chi connectivity index (χ2n) is 5.26. The smallest absolute Gasteiger partial charge is 0.252 e. The molecule has 0 saturated carbocycles. The average Bonchev–Trinajstić information content (AvgIpc) is 3.10. The van der Waals surface area contributed by atoms with Gasteiger partial charge < -0.3 is 21.3 Å². The molecule has 0 saturated heterocycles. The second kappa shape index (κ2) is 16.7. The van der Waals surface area contributed by atoms with E-state index in [4.69, 9.17) is 49.3 Å². The first kappa shape index (κ1) is 6.26. The third kappa shape index (κ3) is 9.53. The molecule has 0 aliphatic heterocycles. The molecular formula is C26H42N4O4. The number of benzene rings is 1. The van der Waals surface area contributed by atoms with Gasteiger partial charge in [0.1, 0.15) is 0 Å². The van der Waals surface area contributed by atoms with Gasteiger partial charge in [-0.3, -0.25) is 19.2 Å². The number of rotatable bonds is 16. The Morgan fingerprint density at radius 1 is 0.559 bits per heavy atom. The van der Waals surface area contributed by atoms with Crippen molar-refractivity contribution >= 4 is 23.6 Å². The highest BCUT2D eigenvalue weighted by Crippen LogP contribution is 2.19. The number of amides is 4. The van der Waals surface area contributed by atoms with Gasteiger partial charge in [0.05, 0.1) is 22.3 Å². The van der Waals surface area contributed by atoms with E-state index in [2.05, 4.69) is 0 Å². The highest BCUT2D eigenvalue weighted by Gasteiger charge is 2.25. The molecule has 1 rings (SSSR count). The summed E-state index contributed by atoms with van der Waals surface area (Å²) in [5.41, 5.74) is -7.33. The van der Waals surface area contributed by atoms with Crippen LogP contribution in [0.4, 0.5) is 0 Å². The third-order valence-electron chi connectivity index (χ3n) is 3.34. The van der Waals surface area contributed by atoms with Gasteiger partial charge in [0.15, 0.2) is 0 Å². The van der Waals surface area contributed by atoms with Crippen LogP contribution in [0.2, 0.25) is 0 Å². The Kier molecular flexibility index (Phi) is 3.07. The fraction of sp³-hybridized carbons (Fsp3) is 0.615. The predicted octanol–water partition coefficient (Wildman–Crippen LogP) is 3.81. The summed E-state index contributed by atoms with van der Waals surface area (Å²) in [6.45, 7) is -33.7. The van der Waals surface area contributed by atoms with Crippen molar-refractivity contribution in [2.24, 2.45) is 0 Å². The zero-order valence-corrected chi connectivity index (χ0v) is 16.8. The van der Waals surface area contributed by atoms with Gasteiger partial charge in [-0.15, -0.1) is 0 Å². The van der Waals surface area contributed by atoms with Gasteiger partial charge in [-0.25, -0.2) is 0 Å². The molecule has 0 unspecified atom stereocenters. The maximum Gasteiger partial charge on any atom is 0.252 e. The monoisotopic (exact) mass is 511 g/mol. The zero-order valence-electron chi connectivity index (χ0n) is 52.8. The molecule has 1 aromatic carbocycles. The summed E-state index contributed by atoms with van der Waals surface area (Å²) in [4.78, 5) is 56.1. The van der Waals surface area contributed by atoms with E-state index < -0.39 is 150 Å². The first-order valence-electron chi connectivity index (χ1n) is 26.5. The molecule has 0 aliphatic rings. The van der Waals surface area contributed by atoms with Crippen molar-refractivity contribution in [2.45, 2.75) is 78.4 Å². The van der Waals surface area contributed by atoms with Crippen molar-refractivity contribution in [2.75, 3.05) is 26.0 Å². The van der Waals surface area contributed by atoms with Crippen LogP contribution < -0.4 is 21.3 Å². The van der Waals surface area contributed by atoms with E-state index in [0.29, 0.717) is 0 Å². The lowest BCUT2D eigenvalue weighted by molar-refractivity contribution is 0.0907. The third-order valence-corrected chi connectivity index (χ3v) is 3.34. The molecule has 0 atom stereocenters. The Hall–Kier alpha value is -2.90. The van der Waals surface area contributed by atoms with Gasteiger partial charge in [0, 0.05) is 75.3 Å². The lowest BCUT2D eigenvalue weighted by atomic mass is 9.95. The van der Waals surface area contributed by atoms with Gasteiger partial charge in [0.2, 0.25) is 0 Å². The second-order valence-corrected chi connectivity index (χ2v) is 5.26. The van der Waals surface area contributed by atoms with E-state index in [0.717, 1.165) is 21.3 Å². The molecule has 4 N–H and O–H groups in total. The van der Waals surface area contributed by atoms with E-state index >= 15 is 0 Å². The maximum absolute atomic E-state index is 14.0. The summed E-state index contributed by atoms with van der Waals surface area (Å²) in [6.07, 6.45) is -34.8. The van der Waals surface area contributed by atoms with Gasteiger partial charge in [0.25, 0.3) is 23.6 Å². The van der Waals surface area contributed by atoms with E-state index in [1.807, 2.05) is 0 Å². The molecule has 1 aromatic rings. The van der Waals surface area contributed by atoms with Crippen LogP contribution in [0.3, 0.4) is 0 Å². The number of hydrogen-bond donors (Lipinski definition) is 4. The van der Waals surface area contributed by atoms with Gasteiger partial charge in [-0.2, -0.15) is 0 Å². The number of carbonyl (C=O) groups is 4. The quantitative estimate of drug-likeness (QED) is 0.270. The molecule has 8 heteroatoms. The van der Waals surface area contributed by atoms with Crippen LogP contribution in [0.15, 0.2) is 12.1 Å². The number of nitrogens with one attached hydrogen (secondary N) is 4. The Labute approximate surface area is 254 Å². The molecule has 0 fully saturated rings. The summed E-state index contributed by atoms with van der Waals surface area (Å²) in [5.74, 6) is -9.62. The minimum atomic E-state index is -4.41. The molecule has 0 spiro atoms. The standard InChI is InChI=1S/C26H42N4O4/c1-5-9-13-27-23(31)19-17-21(25(33)29-15-11-7-3)22(26(34)30-16-12-8-4)18-20(19)24(32)28-14-10-6-2/h17-18H,5-16H2,1-4H3,(H,27,31)(H,28,32)(H,29,33)(H,30,34)/i1D3,2D3,3D3,4D3,5D2,6D2,7D2,8D2,9D2,10D2,11D2,12D2,13D2,14D2,15D2,16D2. The van der Waals surface area contributed by atoms with Crippen LogP contribution in [0, 0.1) is 0 Å². The molecule has 8 nitrogen and oxygen atoms in total. The minimum Gasteiger partial charge on any atom is -0.352 e. The largest absolute Gasteiger partial charge is 0.352 e. The molecule has 0 bridgehead atoms. The molecular weight excluding hydrogens is 432 g/mol. The fourth-order valence-corrected chi connectivity index (χ4v) is 2.10. The average molecular weight is 511 g/mol. The summed E-state index contributed by atoms with van der Waals surface area (Å²) < 4.78 is 281. The number of carbonyl (C=O) groups excluding carboxylic acids is 4. The SMILES string of the molecule is [2H]C([2H])([2H])C([2H])([2H])C([2H])([2H])C([2H])([2H])NC(=O)c1cc(C(=O)NC([2H])([2H])C([2H])([2H])C([2H])([2H])C([2H])([2H])[2H])c(C(=O)NC([2H])([2H])C([2H])([2H])C([2H])([2H])C([2H])([2H])[2H])cc1C(=O)NC([2H])([2H])C([2H])([2H])C([2H])([2H])C([2H])([2H])[2H]. The van der Waals surface area contributed by atoms with Crippen LogP contribution in [-0.2, 0) is 0 Å². The normalized spacial score (nSPS) is 32.7. The molecule has 34 heavy (non-hydrogen) atoms. The first-order chi connectivity index (χ1) is 30.0. The molecule has 0 aliphatic carbocycles. The van der Waals surface area contributed by atoms with Crippen molar-refractivity contribution in [3.05, 3.63) is 34.4 Å². The topological polar surface area (TPSA) is 116 Å². The Bertz CT molecular complexity index is 1880. The van der Waals surface area contributed by atoms with E-state index in [-0.39, 0.29) is 12.1 Å². The van der Waals surface area contributed by atoms with Gasteiger partial charge >= 0.3 is 0 Å². The van der Waals surface area contributed by atoms with Crippen molar-refractivity contribution < 1.29 is 68.5 Å². The lowest BCUT2D eigenvalue weighted by Gasteiger charge is -2.16. The highest BCUT2D eigenvalue weighted by molar-refractivity contribution is 6.14. The van der Waals surface area contributed by atoms with Crippen molar-refractivity contribution in [1.82, 2.24) is 21.3 Å². The van der Waals surface area contributed by atoms with Crippen molar-refractivity contribution in [1.29, 1.82) is 0 Å². The van der Waals surface area contributed by atoms with Crippen molar-refractivity contribution in [3.63, 3.8) is 0 Å². The molecule has 0 heterocycles. The van der Waals surface area contributed by atoms with Crippen LogP contribution in [0.5, 0.6) is 0 Å². The zero-order chi connectivity index (χ0) is 56.9. The molecule has 190 valence electrons. The van der Waals surface area contributed by atoms with Gasteiger partial charge in [-0.1, -0.05) is 52.9 Å². The minimum absolute atomic E-state index is 0.250. The first-order valence-corrected chi connectivity index (χ1v) is 8.47. The van der Waals surface area contributed by atoms with Crippen LogP contribution in [0.1, 0.15) is 169 Å². The maximum atomic E-state index is 14.0. The number of hydrogen-bond acceptors (Lipinski definition) is 4. The van der Waals surface area contributed by atoms with Crippen LogP contribution in [0.25, 0.3) is 0 Å². The highest BCUT2D eigenvalue weighted by atomic mass is 16.2. The predicted molar refractivity (Wildman–Crippen MR) is 135 cm³/mol. The molecule has 4 amide bonds. The molecule has 0 aromatic heterocycles. The molecule has 0 radical (unpaired) electrons. The van der Waals surface area contributed by atoms with E-state index in [9.17, 15) is 19.2 Å². The summed E-state index contributed by atoms with van der Waals surface area (Å²) >= 11 is 0. The lowest BCUT2D eigenvalue weighted by Crippen LogP contribution is -2.34. The Balaban J connectivity index is 4.74. The van der Waals surface area contributed by atoms with Crippen molar-refractivity contribution in [3.8, 4) is 0 Å². The van der Waals surface area contributed by atoms with Crippen LogP contribution in [-0.4, -0.2) is 49.6 Å². The fourth-order valence-electron chi connectivity index (χ4n) is 2.10. The summed E-state index contributed by atoms with van der Waals surface area (Å²) in [7, 11) is 0. The summed E-state index contributed by atoms with van der Waals surface area (Å²) in [6, 6.07) is -0.499.